The molecule has 7 heterocycles. The van der Waals surface area contributed by atoms with E-state index in [9.17, 15) is 58.2 Å². The van der Waals surface area contributed by atoms with Crippen LogP contribution in [0.2, 0.25) is 0 Å². The SMILES string of the molecule is CCC(C)(C)C(=O)OC1(CC)C2CC3CC(C2)CC1C3.CCC(C)(C)C(=O)OC1(CC)CC2CC1C1C3CCC(C3)C21.CCC(C)(C)C(=O)OC12CC3CC(CC(O)(C3)C1)C2.CCC(C)(C)C(=O)OC12CC3CC(CC(O)(C3)C1)C2.CCC(C)(C)C(=O)OC1C2CC3C(=O)OC1C3O2.CCC(C)(C)C(=O)OC1C2CC3C(=O)OC1C3O2.CCC(C)(C)C(=O)OC1CCOC1=O. The fourth-order valence-electron chi connectivity index (χ4n) is 28.1. The van der Waals surface area contributed by atoms with E-state index in [-0.39, 0.29) is 123 Å². The van der Waals surface area contributed by atoms with Gasteiger partial charge in [0.2, 0.25) is 6.10 Å². The van der Waals surface area contributed by atoms with Crippen molar-refractivity contribution in [1.82, 2.24) is 0 Å². The number of esters is 10. The Morgan fingerprint density at radius 1 is 0.354 bits per heavy atom. The quantitative estimate of drug-likeness (QED) is 0.0545. The highest BCUT2D eigenvalue weighted by Gasteiger charge is 2.71. The molecule has 22 unspecified atom stereocenters. The summed E-state index contributed by atoms with van der Waals surface area (Å²) in [6, 6.07) is 0. The van der Waals surface area contributed by atoms with Gasteiger partial charge in [-0.3, -0.25) is 43.2 Å². The van der Waals surface area contributed by atoms with Gasteiger partial charge in [0.1, 0.15) is 34.6 Å². The Bertz CT molecular complexity index is 3970. The van der Waals surface area contributed by atoms with E-state index in [4.69, 9.17) is 56.8 Å². The van der Waals surface area contributed by atoms with Crippen molar-refractivity contribution in [2.45, 2.75) is 466 Å². The molecule has 7 aliphatic heterocycles. The van der Waals surface area contributed by atoms with Crippen LogP contribution in [0.3, 0.4) is 0 Å². The molecule has 0 amide bonds. The molecule has 0 spiro atoms. The van der Waals surface area contributed by atoms with Crippen LogP contribution in [0.25, 0.3) is 0 Å². The van der Waals surface area contributed by atoms with Crippen molar-refractivity contribution in [3.63, 3.8) is 0 Å². The molecular weight excluding hydrogens is 1660 g/mol. The molecule has 16 aliphatic carbocycles. The van der Waals surface area contributed by atoms with Gasteiger partial charge in [0.15, 0.2) is 24.4 Å². The largest absolute Gasteiger partial charge is 0.463 e. The lowest BCUT2D eigenvalue weighted by molar-refractivity contribution is -0.226. The van der Waals surface area contributed by atoms with Crippen LogP contribution < -0.4 is 0 Å². The maximum Gasteiger partial charge on any atom is 0.347 e. The van der Waals surface area contributed by atoms with Crippen LogP contribution in [0, 0.1) is 133 Å². The summed E-state index contributed by atoms with van der Waals surface area (Å²) in [6.07, 6.45) is 31.0. The third kappa shape index (κ3) is 19.4. The monoisotopic (exact) mass is 1820 g/mol. The number of aliphatic hydroxyl groups is 2. The molecule has 16 saturated carbocycles. The lowest BCUT2D eigenvalue weighted by Gasteiger charge is -2.60. The number of carbonyl (C=O) groups excluding carboxylic acids is 10. The van der Waals surface area contributed by atoms with Crippen LogP contribution in [0.4, 0.5) is 0 Å². The van der Waals surface area contributed by atoms with Crippen LogP contribution in [0.1, 0.15) is 378 Å². The standard InChI is InChI=1S/C20H32O2.C18H30O2.2C16H26O3.2C13H18O5.C10H16O4/c1-5-19(3,4)18(21)22-20(6-2)11-14-10-15(20)17-13-8-7-12(9-13)16(14)17;1-5-17(3,4)16(19)20-18(6-2)14-8-12-7-13(10-14)11-15(18)9-12;2*1-4-14(2,3)13(17)19-16-8-11-5-12(9-16)7-15(18,6-11)10-16;2*1-4-13(2,3)12(15)18-9-7-5-6-8(16-7)10(9)17-11(6)14;1-4-10(2,3)9(12)14-7-5-6-13-8(7)11/h12-17H,5-11H2,1-4H3;12-15H,5-11H2,1-4H3;2*11-12,18H,4-10H2,1-3H3;2*6-10H,4-5H2,1-3H3;7H,4-6H2,1-3H3. The first-order valence-corrected chi connectivity index (χ1v) is 51.6. The summed E-state index contributed by atoms with van der Waals surface area (Å²) in [6.45, 7) is 45.8. The summed E-state index contributed by atoms with van der Waals surface area (Å²) in [7, 11) is 0. The van der Waals surface area contributed by atoms with Gasteiger partial charge < -0.3 is 67.1 Å². The van der Waals surface area contributed by atoms with Gasteiger partial charge >= 0.3 is 59.7 Å². The topological polar surface area (TPSA) is 322 Å². The first-order valence-electron chi connectivity index (χ1n) is 51.6. The predicted molar refractivity (Wildman–Crippen MR) is 483 cm³/mol. The Kier molecular flexibility index (Phi) is 28.4. The zero-order valence-electron chi connectivity index (χ0n) is 83.6. The van der Waals surface area contributed by atoms with Crippen LogP contribution in [0.15, 0.2) is 0 Å². The van der Waals surface area contributed by atoms with Gasteiger partial charge in [-0.1, -0.05) is 62.3 Å². The van der Waals surface area contributed by atoms with Crippen molar-refractivity contribution in [2.24, 2.45) is 133 Å². The molecule has 0 aromatic rings. The maximum atomic E-state index is 12.7. The summed E-state index contributed by atoms with van der Waals surface area (Å²) in [5.74, 6) is 8.69. The predicted octanol–water partition coefficient (Wildman–Crippen LogP) is 18.9. The number of hydrogen-bond donors (Lipinski definition) is 2. The molecule has 23 rings (SSSR count). The lowest BCUT2D eigenvalue weighted by Crippen LogP contribution is -2.61. The normalized spacial score (nSPS) is 41.5. The molecular formula is C106H166O24. The first kappa shape index (κ1) is 100. The summed E-state index contributed by atoms with van der Waals surface area (Å²) in [5.41, 5.74) is -5.12. The maximum absolute atomic E-state index is 12.7. The molecule has 130 heavy (non-hydrogen) atoms. The summed E-state index contributed by atoms with van der Waals surface area (Å²) >= 11 is 0. The highest BCUT2D eigenvalue weighted by molar-refractivity contribution is 5.84. The molecule has 24 nitrogen and oxygen atoms in total. The minimum Gasteiger partial charge on any atom is -0.463 e. The number of rotatable bonds is 23. The Morgan fingerprint density at radius 2 is 0.708 bits per heavy atom. The smallest absolute Gasteiger partial charge is 0.347 e. The fourth-order valence-corrected chi connectivity index (χ4v) is 28.1. The molecule has 0 radical (unpaired) electrons. The second-order valence-electron chi connectivity index (χ2n) is 49.6. The summed E-state index contributed by atoms with van der Waals surface area (Å²) in [4.78, 5) is 120. The number of fused-ring (bicyclic) bond motifs is 11. The number of hydrogen-bond acceptors (Lipinski definition) is 24. The van der Waals surface area contributed by atoms with E-state index < -0.39 is 74.8 Å². The Labute approximate surface area is 776 Å². The van der Waals surface area contributed by atoms with Crippen molar-refractivity contribution in [3.8, 4) is 0 Å². The second-order valence-corrected chi connectivity index (χ2v) is 49.6. The molecule has 20 bridgehead atoms. The average molecular weight is 1820 g/mol. The summed E-state index contributed by atoms with van der Waals surface area (Å²) < 4.78 is 67.2. The van der Waals surface area contributed by atoms with Crippen LogP contribution >= 0.6 is 0 Å². The van der Waals surface area contributed by atoms with Crippen molar-refractivity contribution in [3.05, 3.63) is 0 Å². The van der Waals surface area contributed by atoms with Gasteiger partial charge in [-0.2, -0.15) is 0 Å². The van der Waals surface area contributed by atoms with Crippen molar-refractivity contribution >= 4 is 59.7 Å². The van der Waals surface area contributed by atoms with Gasteiger partial charge in [-0.05, 0) is 373 Å². The van der Waals surface area contributed by atoms with Gasteiger partial charge in [-0.15, -0.1) is 0 Å². The van der Waals surface area contributed by atoms with E-state index in [0.717, 1.165) is 138 Å². The molecule has 24 heteroatoms. The van der Waals surface area contributed by atoms with Gasteiger partial charge in [0.25, 0.3) is 0 Å². The number of ether oxygens (including phenoxy) is 12. The zero-order valence-corrected chi connectivity index (χ0v) is 83.6. The zero-order chi connectivity index (χ0) is 94.9. The highest BCUT2D eigenvalue weighted by Crippen LogP contribution is 2.72. The second kappa shape index (κ2) is 36.8. The van der Waals surface area contributed by atoms with Crippen molar-refractivity contribution < 1.29 is 115 Å². The van der Waals surface area contributed by atoms with E-state index in [1.165, 1.54) is 70.6 Å². The molecule has 734 valence electrons. The van der Waals surface area contributed by atoms with Crippen LogP contribution in [0.5, 0.6) is 0 Å². The van der Waals surface area contributed by atoms with Gasteiger partial charge in [0, 0.05) is 25.2 Å². The van der Waals surface area contributed by atoms with Gasteiger partial charge in [0.05, 0.1) is 79.8 Å². The highest BCUT2D eigenvalue weighted by atomic mass is 16.7. The third-order valence-corrected chi connectivity index (χ3v) is 38.0. The first-order chi connectivity index (χ1) is 60.7. The molecule has 23 fully saturated rings. The average Bonchev–Trinajstić information content (AvgIpc) is 1.53. The third-order valence-electron chi connectivity index (χ3n) is 38.0. The van der Waals surface area contributed by atoms with Gasteiger partial charge in [-0.25, -0.2) is 4.79 Å². The minimum atomic E-state index is -0.687. The number of cyclic esters (lactones) is 1. The molecule has 22 atom stereocenters. The lowest BCUT2D eigenvalue weighted by atomic mass is 9.49. The summed E-state index contributed by atoms with van der Waals surface area (Å²) in [5, 5.41) is 21.3. The van der Waals surface area contributed by atoms with Crippen LogP contribution in [-0.2, 0) is 105 Å². The molecule has 7 saturated heterocycles. The molecule has 0 aromatic carbocycles. The van der Waals surface area contributed by atoms with E-state index in [1.807, 2.05) is 118 Å². The van der Waals surface area contributed by atoms with Crippen LogP contribution in [-0.4, -0.2) is 165 Å². The minimum absolute atomic E-state index is 0.0364. The molecule has 23 aliphatic rings. The number of carbonyl (C=O) groups is 10. The van der Waals surface area contributed by atoms with E-state index >= 15 is 0 Å². The van der Waals surface area contributed by atoms with E-state index in [1.54, 1.807) is 13.8 Å². The fraction of sp³-hybridized carbons (Fsp3) is 0.906. The molecule has 0 aromatic heterocycles. The Hall–Kier alpha value is -5.46. The van der Waals surface area contributed by atoms with Crippen molar-refractivity contribution in [2.75, 3.05) is 6.61 Å². The Balaban J connectivity index is 0.000000123. The van der Waals surface area contributed by atoms with E-state index in [0.29, 0.717) is 99.4 Å². The van der Waals surface area contributed by atoms with E-state index in [2.05, 4.69) is 27.7 Å². The molecule has 2 N–H and O–H groups in total. The van der Waals surface area contributed by atoms with Crippen molar-refractivity contribution in [1.29, 1.82) is 0 Å². The Morgan fingerprint density at radius 3 is 1.06 bits per heavy atom.